The van der Waals surface area contributed by atoms with Crippen molar-refractivity contribution in [1.82, 2.24) is 14.1 Å². The zero-order valence-corrected chi connectivity index (χ0v) is 17.0. The third kappa shape index (κ3) is 3.44. The van der Waals surface area contributed by atoms with Crippen molar-refractivity contribution in [2.75, 3.05) is 0 Å². The first-order chi connectivity index (χ1) is 13.8. The van der Waals surface area contributed by atoms with Gasteiger partial charge in [-0.15, -0.1) is 0 Å². The smallest absolute Gasteiger partial charge is 0.258 e. The summed E-state index contributed by atoms with van der Waals surface area (Å²) in [7, 11) is 0. The molecule has 0 saturated heterocycles. The highest BCUT2D eigenvalue weighted by Crippen LogP contribution is 2.39. The molecule has 3 heterocycles. The molecule has 1 unspecified atom stereocenters. The third-order valence-electron chi connectivity index (χ3n) is 5.35. The minimum Gasteiger partial charge on any atom is -0.507 e. The monoisotopic (exact) mass is 395 g/mol. The van der Waals surface area contributed by atoms with E-state index in [0.29, 0.717) is 35.6 Å². The maximum absolute atomic E-state index is 13.3. The average Bonchev–Trinajstić information content (AvgIpc) is 2.67. The summed E-state index contributed by atoms with van der Waals surface area (Å²) in [6.45, 7) is 8.03. The number of hydrogen-bond acceptors (Lipinski definition) is 5. The van der Waals surface area contributed by atoms with E-state index in [0.717, 1.165) is 6.07 Å². The summed E-state index contributed by atoms with van der Waals surface area (Å²) in [6.07, 6.45) is 3.21. The van der Waals surface area contributed by atoms with Crippen LogP contribution < -0.4 is 11.1 Å². The Kier molecular flexibility index (Phi) is 5.59. The molecule has 2 N–H and O–H groups in total. The van der Waals surface area contributed by atoms with E-state index in [1.165, 1.54) is 4.57 Å². The van der Waals surface area contributed by atoms with Crippen molar-refractivity contribution in [2.45, 2.75) is 46.7 Å². The van der Waals surface area contributed by atoms with E-state index >= 15 is 0 Å². The van der Waals surface area contributed by atoms with Crippen LogP contribution in [0.4, 0.5) is 0 Å². The van der Waals surface area contributed by atoms with Gasteiger partial charge in [0.1, 0.15) is 11.5 Å². The van der Waals surface area contributed by atoms with Gasteiger partial charge in [0.2, 0.25) is 0 Å². The first-order valence-electron chi connectivity index (χ1n) is 9.58. The number of hydrogen-bond donors (Lipinski definition) is 2. The molecule has 3 aromatic rings. The minimum absolute atomic E-state index is 0.144. The second-order valence-corrected chi connectivity index (χ2v) is 6.96. The summed E-state index contributed by atoms with van der Waals surface area (Å²) in [4.78, 5) is 29.8. The number of rotatable bonds is 5. The predicted molar refractivity (Wildman–Crippen MR) is 111 cm³/mol. The number of pyridine rings is 3. The summed E-state index contributed by atoms with van der Waals surface area (Å²) in [5, 5.41) is 21.5. The molecule has 0 amide bonds. The van der Waals surface area contributed by atoms with Gasteiger partial charge in [-0.05, 0) is 45.4 Å². The van der Waals surface area contributed by atoms with Crippen LogP contribution in [-0.4, -0.2) is 24.3 Å². The molecule has 0 aliphatic heterocycles. The molecule has 7 nitrogen and oxygen atoms in total. The van der Waals surface area contributed by atoms with Crippen LogP contribution in [0.2, 0.25) is 0 Å². The van der Waals surface area contributed by atoms with Crippen molar-refractivity contribution >= 4 is 0 Å². The van der Waals surface area contributed by atoms with Crippen LogP contribution in [0, 0.1) is 13.8 Å². The molecular weight excluding hydrogens is 370 g/mol. The summed E-state index contributed by atoms with van der Waals surface area (Å²) in [6, 6.07) is 6.21. The molecule has 0 spiro atoms. The molecule has 1 atom stereocenters. The van der Waals surface area contributed by atoms with Gasteiger partial charge in [0, 0.05) is 48.5 Å². The van der Waals surface area contributed by atoms with Crippen LogP contribution in [0.5, 0.6) is 11.5 Å². The Hall–Kier alpha value is -3.35. The highest BCUT2D eigenvalue weighted by Gasteiger charge is 2.30. The molecule has 3 rings (SSSR count). The van der Waals surface area contributed by atoms with Gasteiger partial charge < -0.3 is 19.3 Å². The Morgan fingerprint density at radius 3 is 2.24 bits per heavy atom. The van der Waals surface area contributed by atoms with Crippen molar-refractivity contribution in [3.05, 3.63) is 85.4 Å². The molecular formula is C22H25N3O4. The Balaban J connectivity index is 2.46. The fourth-order valence-corrected chi connectivity index (χ4v) is 3.98. The summed E-state index contributed by atoms with van der Waals surface area (Å²) >= 11 is 0. The molecule has 0 aromatic carbocycles. The first-order valence-corrected chi connectivity index (χ1v) is 9.58. The van der Waals surface area contributed by atoms with E-state index in [-0.39, 0.29) is 28.2 Å². The normalized spacial score (nSPS) is 12.1. The Labute approximate surface area is 168 Å². The highest BCUT2D eigenvalue weighted by atomic mass is 16.3. The number of aromatic nitrogens is 3. The van der Waals surface area contributed by atoms with Crippen molar-refractivity contribution in [1.29, 1.82) is 0 Å². The second kappa shape index (κ2) is 7.95. The maximum Gasteiger partial charge on any atom is 0.258 e. The fraction of sp³-hybridized carbons (Fsp3) is 0.318. The van der Waals surface area contributed by atoms with Crippen LogP contribution in [0.25, 0.3) is 0 Å². The molecule has 3 aromatic heterocycles. The van der Waals surface area contributed by atoms with Gasteiger partial charge in [0.25, 0.3) is 11.1 Å². The van der Waals surface area contributed by atoms with Gasteiger partial charge in [0.15, 0.2) is 0 Å². The van der Waals surface area contributed by atoms with Crippen LogP contribution in [0.15, 0.2) is 46.2 Å². The van der Waals surface area contributed by atoms with Crippen LogP contribution in [-0.2, 0) is 13.1 Å². The van der Waals surface area contributed by atoms with Crippen molar-refractivity contribution in [3.63, 3.8) is 0 Å². The molecule has 0 fully saturated rings. The Bertz CT molecular complexity index is 1160. The minimum atomic E-state index is -0.784. The lowest BCUT2D eigenvalue weighted by Gasteiger charge is -2.24. The molecule has 0 aliphatic rings. The van der Waals surface area contributed by atoms with E-state index in [1.807, 2.05) is 13.8 Å². The lowest BCUT2D eigenvalue weighted by Crippen LogP contribution is -2.29. The molecule has 29 heavy (non-hydrogen) atoms. The standard InChI is InChI=1S/C22H25N3O4/c1-5-24-13(3)10-16(26)21(22(24)29)20(15-8-7-9-23-12-15)19-14(4)25(6-2)18(28)11-17(19)27/h7-12,20,26-27H,5-6H2,1-4H3. The van der Waals surface area contributed by atoms with E-state index in [9.17, 15) is 19.8 Å². The fourth-order valence-electron chi connectivity index (χ4n) is 3.98. The number of aromatic hydroxyl groups is 2. The maximum atomic E-state index is 13.3. The molecule has 0 radical (unpaired) electrons. The zero-order valence-electron chi connectivity index (χ0n) is 17.0. The van der Waals surface area contributed by atoms with Crippen LogP contribution in [0.1, 0.15) is 47.8 Å². The first kappa shape index (κ1) is 20.4. The summed E-state index contributed by atoms with van der Waals surface area (Å²) < 4.78 is 3.10. The van der Waals surface area contributed by atoms with E-state index in [2.05, 4.69) is 4.98 Å². The van der Waals surface area contributed by atoms with Gasteiger partial charge in [0.05, 0.1) is 11.5 Å². The van der Waals surface area contributed by atoms with Crippen molar-refractivity contribution in [3.8, 4) is 11.5 Å². The van der Waals surface area contributed by atoms with E-state index in [1.54, 1.807) is 49.0 Å². The van der Waals surface area contributed by atoms with Crippen LogP contribution >= 0.6 is 0 Å². The SMILES string of the molecule is CCn1c(C)c(C(c2cccnc2)c2c(O)cc(C)n(CC)c2=O)c(O)cc1=O. The van der Waals surface area contributed by atoms with Crippen molar-refractivity contribution < 1.29 is 10.2 Å². The topological polar surface area (TPSA) is 97.3 Å². The number of nitrogens with zero attached hydrogens (tertiary/aromatic N) is 3. The zero-order chi connectivity index (χ0) is 21.3. The van der Waals surface area contributed by atoms with E-state index in [4.69, 9.17) is 0 Å². The quantitative estimate of drug-likeness (QED) is 0.692. The third-order valence-corrected chi connectivity index (χ3v) is 5.35. The van der Waals surface area contributed by atoms with Crippen molar-refractivity contribution in [2.24, 2.45) is 0 Å². The lowest BCUT2D eigenvalue weighted by molar-refractivity contribution is 0.449. The molecule has 0 aliphatic carbocycles. The van der Waals surface area contributed by atoms with Gasteiger partial charge in [-0.3, -0.25) is 14.6 Å². The lowest BCUT2D eigenvalue weighted by atomic mass is 9.84. The van der Waals surface area contributed by atoms with Gasteiger partial charge in [-0.25, -0.2) is 0 Å². The van der Waals surface area contributed by atoms with Crippen LogP contribution in [0.3, 0.4) is 0 Å². The Morgan fingerprint density at radius 1 is 1.00 bits per heavy atom. The predicted octanol–water partition coefficient (Wildman–Crippen LogP) is 2.65. The summed E-state index contributed by atoms with van der Waals surface area (Å²) in [5.41, 5.74) is 1.69. The summed E-state index contributed by atoms with van der Waals surface area (Å²) in [5.74, 6) is -1.15. The van der Waals surface area contributed by atoms with Gasteiger partial charge in [-0.2, -0.15) is 0 Å². The van der Waals surface area contributed by atoms with Gasteiger partial charge >= 0.3 is 0 Å². The molecule has 152 valence electrons. The molecule has 7 heteroatoms. The number of aryl methyl sites for hydroxylation is 1. The van der Waals surface area contributed by atoms with E-state index < -0.39 is 5.92 Å². The second-order valence-electron chi connectivity index (χ2n) is 6.96. The largest absolute Gasteiger partial charge is 0.507 e. The average molecular weight is 395 g/mol. The highest BCUT2D eigenvalue weighted by molar-refractivity contribution is 5.53. The molecule has 0 saturated carbocycles. The van der Waals surface area contributed by atoms with Gasteiger partial charge in [-0.1, -0.05) is 6.07 Å². The molecule has 0 bridgehead atoms. The Morgan fingerprint density at radius 2 is 1.66 bits per heavy atom.